The average Bonchev–Trinajstić information content (AvgIpc) is 3.18. The molecule has 6 heteroatoms. The van der Waals surface area contributed by atoms with Gasteiger partial charge >= 0.3 is 6.03 Å². The standard InChI is InChI=1S/C23H25N3O3/c1-4-19-21-10-7-13-25(21)20-9-6-5-8-16(20)15-26(19)23(27)24-18-12-11-17(28-2)14-22(18)29-3/h5-14,19H,4,15H2,1-3H3,(H,24,27)/t19-/m1/s1. The van der Waals surface area contributed by atoms with Crippen LogP contribution in [0, 0.1) is 0 Å². The van der Waals surface area contributed by atoms with Gasteiger partial charge in [-0.1, -0.05) is 25.1 Å². The molecular formula is C23H25N3O3. The second-order valence-corrected chi connectivity index (χ2v) is 6.98. The summed E-state index contributed by atoms with van der Waals surface area (Å²) in [6.07, 6.45) is 2.87. The van der Waals surface area contributed by atoms with E-state index in [2.05, 4.69) is 41.2 Å². The Labute approximate surface area is 170 Å². The molecule has 6 nitrogen and oxygen atoms in total. The Balaban J connectivity index is 1.70. The van der Waals surface area contributed by atoms with Gasteiger partial charge in [-0.2, -0.15) is 0 Å². The van der Waals surface area contributed by atoms with Gasteiger partial charge in [-0.15, -0.1) is 0 Å². The first-order chi connectivity index (χ1) is 14.2. The minimum absolute atomic E-state index is 0.0401. The quantitative estimate of drug-likeness (QED) is 0.681. The van der Waals surface area contributed by atoms with Gasteiger partial charge in [0.05, 0.1) is 38.2 Å². The number of carbonyl (C=O) groups excluding carboxylic acids is 1. The first-order valence-corrected chi connectivity index (χ1v) is 9.71. The van der Waals surface area contributed by atoms with Gasteiger partial charge in [0, 0.05) is 18.0 Å². The number of hydrogen-bond acceptors (Lipinski definition) is 3. The van der Waals surface area contributed by atoms with Crippen molar-refractivity contribution in [3.05, 3.63) is 72.1 Å². The number of anilines is 1. The minimum Gasteiger partial charge on any atom is -0.497 e. The van der Waals surface area contributed by atoms with Crippen LogP contribution in [-0.2, 0) is 6.54 Å². The smallest absolute Gasteiger partial charge is 0.322 e. The zero-order valence-electron chi connectivity index (χ0n) is 16.9. The van der Waals surface area contributed by atoms with Crippen LogP contribution in [0.25, 0.3) is 5.69 Å². The van der Waals surface area contributed by atoms with E-state index in [0.717, 1.165) is 23.4 Å². The van der Waals surface area contributed by atoms with E-state index >= 15 is 0 Å². The molecule has 0 saturated carbocycles. The second-order valence-electron chi connectivity index (χ2n) is 6.98. The fourth-order valence-corrected chi connectivity index (χ4v) is 3.95. The molecule has 3 aromatic rings. The Morgan fingerprint density at radius 1 is 1.10 bits per heavy atom. The number of nitrogens with zero attached hydrogens (tertiary/aromatic N) is 2. The normalized spacial score (nSPS) is 15.1. The number of rotatable bonds is 4. The molecule has 29 heavy (non-hydrogen) atoms. The maximum absolute atomic E-state index is 13.4. The molecule has 0 spiro atoms. The maximum Gasteiger partial charge on any atom is 0.322 e. The highest BCUT2D eigenvalue weighted by atomic mass is 16.5. The third-order valence-electron chi connectivity index (χ3n) is 5.39. The van der Waals surface area contributed by atoms with E-state index in [1.807, 2.05) is 23.1 Å². The van der Waals surface area contributed by atoms with E-state index < -0.39 is 0 Å². The molecule has 0 bridgehead atoms. The van der Waals surface area contributed by atoms with Crippen molar-refractivity contribution in [3.63, 3.8) is 0 Å². The Morgan fingerprint density at radius 3 is 2.69 bits per heavy atom. The number of hydrogen-bond donors (Lipinski definition) is 1. The molecule has 0 radical (unpaired) electrons. The molecule has 0 aliphatic carbocycles. The number of urea groups is 1. The van der Waals surface area contributed by atoms with Crippen LogP contribution in [0.1, 0.15) is 30.6 Å². The molecule has 150 valence electrons. The van der Waals surface area contributed by atoms with Crippen molar-refractivity contribution in [2.45, 2.75) is 25.9 Å². The zero-order valence-corrected chi connectivity index (χ0v) is 16.9. The lowest BCUT2D eigenvalue weighted by molar-refractivity contribution is 0.181. The molecule has 2 heterocycles. The molecule has 0 unspecified atom stereocenters. The van der Waals surface area contributed by atoms with Crippen molar-refractivity contribution in [1.29, 1.82) is 0 Å². The van der Waals surface area contributed by atoms with Crippen molar-refractivity contribution in [3.8, 4) is 17.2 Å². The number of aromatic nitrogens is 1. The topological polar surface area (TPSA) is 55.7 Å². The molecule has 1 aromatic heterocycles. The van der Waals surface area contributed by atoms with Crippen molar-refractivity contribution >= 4 is 11.7 Å². The van der Waals surface area contributed by atoms with Gasteiger partial charge in [-0.25, -0.2) is 4.79 Å². The summed E-state index contributed by atoms with van der Waals surface area (Å²) in [6, 6.07) is 17.5. The van der Waals surface area contributed by atoms with Gasteiger partial charge in [-0.05, 0) is 42.3 Å². The molecule has 0 fully saturated rings. The zero-order chi connectivity index (χ0) is 20.4. The predicted octanol–water partition coefficient (Wildman–Crippen LogP) is 4.99. The van der Waals surface area contributed by atoms with Crippen molar-refractivity contribution in [1.82, 2.24) is 9.47 Å². The molecule has 1 aliphatic heterocycles. The number of nitrogens with one attached hydrogen (secondary N) is 1. The number of methoxy groups -OCH3 is 2. The summed E-state index contributed by atoms with van der Waals surface area (Å²) in [4.78, 5) is 15.3. The van der Waals surface area contributed by atoms with E-state index in [1.54, 1.807) is 32.4 Å². The van der Waals surface area contributed by atoms with Crippen molar-refractivity contribution in [2.75, 3.05) is 19.5 Å². The molecule has 2 aromatic carbocycles. The van der Waals surface area contributed by atoms with Crippen LogP contribution in [-0.4, -0.2) is 29.7 Å². The first-order valence-electron chi connectivity index (χ1n) is 9.71. The van der Waals surface area contributed by atoms with Gasteiger partial charge < -0.3 is 24.3 Å². The maximum atomic E-state index is 13.4. The van der Waals surface area contributed by atoms with Gasteiger partial charge in [0.1, 0.15) is 11.5 Å². The summed E-state index contributed by atoms with van der Waals surface area (Å²) < 4.78 is 12.9. The summed E-state index contributed by atoms with van der Waals surface area (Å²) in [5, 5.41) is 3.03. The number of benzene rings is 2. The third-order valence-corrected chi connectivity index (χ3v) is 5.39. The number of ether oxygens (including phenoxy) is 2. The third kappa shape index (κ3) is 3.42. The van der Waals surface area contributed by atoms with Crippen molar-refractivity contribution < 1.29 is 14.3 Å². The van der Waals surface area contributed by atoms with E-state index in [0.29, 0.717) is 23.7 Å². The fraction of sp³-hybridized carbons (Fsp3) is 0.261. The second kappa shape index (κ2) is 7.91. The lowest BCUT2D eigenvalue weighted by atomic mass is 10.1. The van der Waals surface area contributed by atoms with Crippen LogP contribution < -0.4 is 14.8 Å². The van der Waals surface area contributed by atoms with E-state index in [4.69, 9.17) is 9.47 Å². The number of amides is 2. The largest absolute Gasteiger partial charge is 0.497 e. The SMILES string of the molecule is CC[C@@H]1c2cccn2-c2ccccc2CN1C(=O)Nc1ccc(OC)cc1OC. The number of carbonyl (C=O) groups is 1. The Bertz CT molecular complexity index is 1030. The molecule has 4 rings (SSSR count). The van der Waals surface area contributed by atoms with Crippen LogP contribution >= 0.6 is 0 Å². The van der Waals surface area contributed by atoms with Crippen LogP contribution in [0.4, 0.5) is 10.5 Å². The van der Waals surface area contributed by atoms with Gasteiger partial charge in [0.25, 0.3) is 0 Å². The lowest BCUT2D eigenvalue weighted by Gasteiger charge is -2.30. The predicted molar refractivity (Wildman–Crippen MR) is 113 cm³/mol. The molecule has 1 aliphatic rings. The number of fused-ring (bicyclic) bond motifs is 3. The molecule has 2 amide bonds. The lowest BCUT2D eigenvalue weighted by Crippen LogP contribution is -2.37. The summed E-state index contributed by atoms with van der Waals surface area (Å²) in [6.45, 7) is 2.63. The first kappa shape index (κ1) is 18.9. The molecule has 1 atom stereocenters. The van der Waals surface area contributed by atoms with Crippen molar-refractivity contribution in [2.24, 2.45) is 0 Å². The summed E-state index contributed by atoms with van der Waals surface area (Å²) >= 11 is 0. The van der Waals surface area contributed by atoms with Crippen LogP contribution in [0.2, 0.25) is 0 Å². The Morgan fingerprint density at radius 2 is 1.93 bits per heavy atom. The molecule has 1 N–H and O–H groups in total. The average molecular weight is 391 g/mol. The van der Waals surface area contributed by atoms with Crippen LogP contribution in [0.3, 0.4) is 0 Å². The Hall–Kier alpha value is -3.41. The van der Waals surface area contributed by atoms with Gasteiger partial charge in [0.15, 0.2) is 0 Å². The highest BCUT2D eigenvalue weighted by Gasteiger charge is 2.30. The van der Waals surface area contributed by atoms with E-state index in [9.17, 15) is 4.79 Å². The Kier molecular flexibility index (Phi) is 5.16. The molecule has 0 saturated heterocycles. The number of para-hydroxylation sites is 1. The summed E-state index contributed by atoms with van der Waals surface area (Å²) in [7, 11) is 3.18. The van der Waals surface area contributed by atoms with Crippen LogP contribution in [0.5, 0.6) is 11.5 Å². The van der Waals surface area contributed by atoms with E-state index in [1.165, 1.54) is 0 Å². The van der Waals surface area contributed by atoms with Gasteiger partial charge in [0.2, 0.25) is 0 Å². The summed E-state index contributed by atoms with van der Waals surface area (Å²) in [5.41, 5.74) is 3.94. The minimum atomic E-state index is -0.162. The monoisotopic (exact) mass is 391 g/mol. The van der Waals surface area contributed by atoms with Crippen LogP contribution in [0.15, 0.2) is 60.8 Å². The highest BCUT2D eigenvalue weighted by Crippen LogP contribution is 2.35. The van der Waals surface area contributed by atoms with Gasteiger partial charge in [-0.3, -0.25) is 0 Å². The highest BCUT2D eigenvalue weighted by molar-refractivity contribution is 5.91. The molecular weight excluding hydrogens is 366 g/mol. The van der Waals surface area contributed by atoms with E-state index in [-0.39, 0.29) is 12.1 Å². The fourth-order valence-electron chi connectivity index (χ4n) is 3.95. The summed E-state index contributed by atoms with van der Waals surface area (Å²) in [5.74, 6) is 1.23.